The quantitative estimate of drug-likeness (QED) is 0.201. The molecule has 0 aliphatic carbocycles. The van der Waals surface area contributed by atoms with Crippen LogP contribution in [-0.2, 0) is 0 Å². The van der Waals surface area contributed by atoms with E-state index in [-0.39, 0.29) is 0 Å². The van der Waals surface area contributed by atoms with Crippen molar-refractivity contribution in [3.05, 3.63) is 140 Å². The number of hydrogen-bond donors (Lipinski definition) is 0. The SMILES string of the molecule is c1ccc(N(c2ccc3c(c2)sc2ccc4c5cc6ccccc6cc5oc4c23)c2ccc3sc4ccccc4c3c2)cc1. The number of fused-ring (bicyclic) bond motifs is 11. The summed E-state index contributed by atoms with van der Waals surface area (Å²) in [5, 5.41) is 9.81. The van der Waals surface area contributed by atoms with Crippen molar-refractivity contribution in [3.8, 4) is 0 Å². The van der Waals surface area contributed by atoms with Gasteiger partial charge in [0.25, 0.3) is 0 Å². The average molecular weight is 598 g/mol. The second-order valence-corrected chi connectivity index (χ2v) is 13.5. The molecule has 0 saturated heterocycles. The Bertz CT molecular complexity index is 2730. The second kappa shape index (κ2) is 9.17. The Morgan fingerprint density at radius 1 is 0.409 bits per heavy atom. The van der Waals surface area contributed by atoms with Crippen LogP contribution in [0.3, 0.4) is 0 Å². The Labute approximate surface area is 260 Å². The lowest BCUT2D eigenvalue weighted by atomic mass is 10.0. The minimum absolute atomic E-state index is 0.939. The highest BCUT2D eigenvalue weighted by molar-refractivity contribution is 7.26. The summed E-state index contributed by atoms with van der Waals surface area (Å²) in [5.41, 5.74) is 5.34. The molecular weight excluding hydrogens is 575 g/mol. The van der Waals surface area contributed by atoms with Crippen molar-refractivity contribution < 1.29 is 4.42 Å². The highest BCUT2D eigenvalue weighted by Crippen LogP contribution is 2.46. The first-order chi connectivity index (χ1) is 21.8. The first-order valence-corrected chi connectivity index (χ1v) is 16.4. The van der Waals surface area contributed by atoms with Crippen LogP contribution in [0.5, 0.6) is 0 Å². The maximum absolute atomic E-state index is 6.62. The molecule has 2 nitrogen and oxygen atoms in total. The Morgan fingerprint density at radius 3 is 2.00 bits per heavy atom. The van der Waals surface area contributed by atoms with E-state index in [0.717, 1.165) is 28.2 Å². The summed E-state index contributed by atoms with van der Waals surface area (Å²) < 4.78 is 11.7. The minimum atomic E-state index is 0.939. The predicted molar refractivity (Wildman–Crippen MR) is 192 cm³/mol. The number of benzene rings is 7. The summed E-state index contributed by atoms with van der Waals surface area (Å²) in [6.45, 7) is 0. The second-order valence-electron chi connectivity index (χ2n) is 11.3. The fourth-order valence-electron chi connectivity index (χ4n) is 6.78. The van der Waals surface area contributed by atoms with Crippen LogP contribution < -0.4 is 4.90 Å². The van der Waals surface area contributed by atoms with Gasteiger partial charge in [-0.2, -0.15) is 0 Å². The van der Waals surface area contributed by atoms with Crippen LogP contribution in [-0.4, -0.2) is 0 Å². The van der Waals surface area contributed by atoms with E-state index in [0.29, 0.717) is 0 Å². The monoisotopic (exact) mass is 597 g/mol. The molecule has 7 aromatic carbocycles. The third-order valence-corrected chi connectivity index (χ3v) is 11.1. The van der Waals surface area contributed by atoms with Crippen molar-refractivity contribution >= 4 is 113 Å². The topological polar surface area (TPSA) is 16.4 Å². The van der Waals surface area contributed by atoms with E-state index in [9.17, 15) is 0 Å². The van der Waals surface area contributed by atoms with Gasteiger partial charge in [-0.1, -0.05) is 66.7 Å². The van der Waals surface area contributed by atoms with Gasteiger partial charge >= 0.3 is 0 Å². The van der Waals surface area contributed by atoms with Gasteiger partial charge in [-0.25, -0.2) is 0 Å². The maximum Gasteiger partial charge on any atom is 0.144 e. The van der Waals surface area contributed by atoms with Gasteiger partial charge in [-0.15, -0.1) is 22.7 Å². The standard InChI is InChI=1S/C40H23NOS2/c1-2-10-26(11-3-1)41(27-15-18-36-33(22-27)29-12-6-7-13-35(29)43-36)28-14-16-31-38(23-28)44-37-19-17-30-32-20-24-8-4-5-9-25(24)21-34(32)42-40(30)39(31)37/h1-23H. The Hall–Kier alpha value is -5.16. The van der Waals surface area contributed by atoms with E-state index in [1.165, 1.54) is 61.9 Å². The summed E-state index contributed by atoms with van der Waals surface area (Å²) in [4.78, 5) is 2.37. The van der Waals surface area contributed by atoms with Crippen molar-refractivity contribution in [3.63, 3.8) is 0 Å². The zero-order valence-corrected chi connectivity index (χ0v) is 25.1. The Morgan fingerprint density at radius 2 is 1.09 bits per heavy atom. The van der Waals surface area contributed by atoms with Gasteiger partial charge in [0.1, 0.15) is 11.2 Å². The number of anilines is 3. The number of furan rings is 1. The van der Waals surface area contributed by atoms with Gasteiger partial charge < -0.3 is 9.32 Å². The molecule has 10 aromatic rings. The number of hydrogen-bond acceptors (Lipinski definition) is 4. The van der Waals surface area contributed by atoms with Gasteiger partial charge in [0.15, 0.2) is 0 Å². The molecule has 0 aliphatic rings. The minimum Gasteiger partial charge on any atom is -0.455 e. The molecule has 206 valence electrons. The molecule has 3 aromatic heterocycles. The average Bonchev–Trinajstić information content (AvgIpc) is 3.74. The zero-order chi connectivity index (χ0) is 28.8. The molecule has 0 amide bonds. The van der Waals surface area contributed by atoms with Crippen LogP contribution in [0.25, 0.3) is 73.1 Å². The van der Waals surface area contributed by atoms with Crippen LogP contribution in [0, 0.1) is 0 Å². The summed E-state index contributed by atoms with van der Waals surface area (Å²) >= 11 is 3.69. The van der Waals surface area contributed by atoms with Gasteiger partial charge in [0.2, 0.25) is 0 Å². The fourth-order valence-corrected chi connectivity index (χ4v) is 9.01. The van der Waals surface area contributed by atoms with Gasteiger partial charge in [-0.3, -0.25) is 0 Å². The van der Waals surface area contributed by atoms with Gasteiger partial charge in [0.05, 0.1) is 0 Å². The molecule has 0 saturated carbocycles. The number of para-hydroxylation sites is 1. The molecular formula is C40H23NOS2. The van der Waals surface area contributed by atoms with Crippen molar-refractivity contribution in [2.75, 3.05) is 4.90 Å². The number of thiophene rings is 2. The molecule has 0 spiro atoms. The fraction of sp³-hybridized carbons (Fsp3) is 0. The summed E-state index contributed by atoms with van der Waals surface area (Å²) in [5.74, 6) is 0. The molecule has 0 fully saturated rings. The molecule has 0 unspecified atom stereocenters. The maximum atomic E-state index is 6.62. The molecule has 0 aliphatic heterocycles. The molecule has 0 N–H and O–H groups in total. The highest BCUT2D eigenvalue weighted by Gasteiger charge is 2.19. The first kappa shape index (κ1) is 24.3. The van der Waals surface area contributed by atoms with E-state index in [2.05, 4.69) is 144 Å². The van der Waals surface area contributed by atoms with E-state index in [4.69, 9.17) is 4.42 Å². The van der Waals surface area contributed by atoms with E-state index >= 15 is 0 Å². The van der Waals surface area contributed by atoms with Crippen molar-refractivity contribution in [2.24, 2.45) is 0 Å². The third-order valence-electron chi connectivity index (χ3n) is 8.82. The molecule has 44 heavy (non-hydrogen) atoms. The van der Waals surface area contributed by atoms with Crippen LogP contribution in [0.15, 0.2) is 144 Å². The lowest BCUT2D eigenvalue weighted by Gasteiger charge is -2.25. The number of rotatable bonds is 3. The molecule has 0 atom stereocenters. The molecule has 0 radical (unpaired) electrons. The van der Waals surface area contributed by atoms with Crippen molar-refractivity contribution in [2.45, 2.75) is 0 Å². The predicted octanol–water partition coefficient (Wildman–Crippen LogP) is 12.9. The van der Waals surface area contributed by atoms with E-state index < -0.39 is 0 Å². The highest BCUT2D eigenvalue weighted by atomic mass is 32.1. The molecule has 4 heteroatoms. The van der Waals surface area contributed by atoms with Crippen LogP contribution in [0.1, 0.15) is 0 Å². The Kier molecular flexibility index (Phi) is 5.06. The van der Waals surface area contributed by atoms with Gasteiger partial charge in [0, 0.05) is 68.2 Å². The molecule has 3 heterocycles. The smallest absolute Gasteiger partial charge is 0.144 e. The normalized spacial score (nSPS) is 12.1. The lowest BCUT2D eigenvalue weighted by molar-refractivity contribution is 0.673. The molecule has 0 bridgehead atoms. The van der Waals surface area contributed by atoms with E-state index in [1.54, 1.807) is 0 Å². The summed E-state index contributed by atoms with van der Waals surface area (Å²) in [6, 6.07) is 50.5. The molecule has 10 rings (SSSR count). The van der Waals surface area contributed by atoms with E-state index in [1.807, 2.05) is 22.7 Å². The van der Waals surface area contributed by atoms with Crippen molar-refractivity contribution in [1.82, 2.24) is 0 Å². The largest absolute Gasteiger partial charge is 0.455 e. The zero-order valence-electron chi connectivity index (χ0n) is 23.5. The summed E-state index contributed by atoms with van der Waals surface area (Å²) in [7, 11) is 0. The third kappa shape index (κ3) is 3.53. The lowest BCUT2D eigenvalue weighted by Crippen LogP contribution is -2.09. The first-order valence-electron chi connectivity index (χ1n) is 14.8. The number of nitrogens with zero attached hydrogens (tertiary/aromatic N) is 1. The van der Waals surface area contributed by atoms with Crippen molar-refractivity contribution in [1.29, 1.82) is 0 Å². The van der Waals surface area contributed by atoms with Gasteiger partial charge in [-0.05, 0) is 83.6 Å². The summed E-state index contributed by atoms with van der Waals surface area (Å²) in [6.07, 6.45) is 0. The van der Waals surface area contributed by atoms with Crippen LogP contribution in [0.2, 0.25) is 0 Å². The Balaban J connectivity index is 1.19. The van der Waals surface area contributed by atoms with Crippen LogP contribution >= 0.6 is 22.7 Å². The van der Waals surface area contributed by atoms with Crippen LogP contribution in [0.4, 0.5) is 17.1 Å².